The largest absolute Gasteiger partial charge is 0.444 e. The summed E-state index contributed by atoms with van der Waals surface area (Å²) < 4.78 is 5.52. The van der Waals surface area contributed by atoms with Crippen molar-refractivity contribution in [2.24, 2.45) is 10.9 Å². The van der Waals surface area contributed by atoms with Gasteiger partial charge in [-0.25, -0.2) is 4.79 Å². The van der Waals surface area contributed by atoms with Gasteiger partial charge in [0.2, 0.25) is 0 Å². The molecule has 1 amide bonds. The Kier molecular flexibility index (Phi) is 9.06. The number of aliphatic imine (C=N–C) groups is 1. The van der Waals surface area contributed by atoms with Gasteiger partial charge in [-0.05, 0) is 71.5 Å². The van der Waals surface area contributed by atoms with E-state index in [1.165, 1.54) is 18.6 Å². The molecular formula is C20H38N4O2S. The molecule has 2 heterocycles. The first-order valence-electron chi connectivity index (χ1n) is 10.5. The Morgan fingerprint density at radius 2 is 2.11 bits per heavy atom. The molecule has 0 spiro atoms. The van der Waals surface area contributed by atoms with Crippen LogP contribution in [0.25, 0.3) is 0 Å². The predicted octanol–water partition coefficient (Wildman–Crippen LogP) is 3.47. The van der Waals surface area contributed by atoms with Crippen LogP contribution in [0.3, 0.4) is 0 Å². The van der Waals surface area contributed by atoms with E-state index in [9.17, 15) is 4.79 Å². The fourth-order valence-corrected chi connectivity index (χ4v) is 4.59. The molecule has 27 heavy (non-hydrogen) atoms. The summed E-state index contributed by atoms with van der Waals surface area (Å²) in [4.78, 5) is 19.0. The minimum absolute atomic E-state index is 0.180. The SMILES string of the molecule is CCNC(=NCCC1CCCN(C(=O)OC(C)(C)C)C1)NC1CCCSC1. The lowest BCUT2D eigenvalue weighted by atomic mass is 9.95. The van der Waals surface area contributed by atoms with Gasteiger partial charge in [0, 0.05) is 38.0 Å². The zero-order valence-corrected chi connectivity index (χ0v) is 18.4. The second-order valence-electron chi connectivity index (χ2n) is 8.54. The number of guanidine groups is 1. The highest BCUT2D eigenvalue weighted by Crippen LogP contribution is 2.22. The molecule has 6 nitrogen and oxygen atoms in total. The monoisotopic (exact) mass is 398 g/mol. The fraction of sp³-hybridized carbons (Fsp3) is 0.900. The van der Waals surface area contributed by atoms with Crippen LogP contribution in [0.15, 0.2) is 4.99 Å². The number of nitrogens with one attached hydrogen (secondary N) is 2. The molecule has 0 aliphatic carbocycles. The van der Waals surface area contributed by atoms with Crippen LogP contribution in [-0.4, -0.2) is 66.3 Å². The normalized spacial score (nSPS) is 24.4. The first kappa shape index (κ1) is 22.2. The van der Waals surface area contributed by atoms with Gasteiger partial charge >= 0.3 is 6.09 Å². The molecule has 0 saturated carbocycles. The van der Waals surface area contributed by atoms with E-state index in [0.717, 1.165) is 57.2 Å². The minimum atomic E-state index is -0.432. The zero-order valence-electron chi connectivity index (χ0n) is 17.6. The summed E-state index contributed by atoms with van der Waals surface area (Å²) >= 11 is 2.02. The maximum absolute atomic E-state index is 12.3. The number of rotatable bonds is 5. The molecule has 2 rings (SSSR count). The number of likely N-dealkylation sites (tertiary alicyclic amines) is 1. The molecule has 2 N–H and O–H groups in total. The van der Waals surface area contributed by atoms with Crippen LogP contribution >= 0.6 is 11.8 Å². The van der Waals surface area contributed by atoms with Crippen LogP contribution in [0.1, 0.15) is 59.8 Å². The van der Waals surface area contributed by atoms with Crippen LogP contribution in [0.5, 0.6) is 0 Å². The van der Waals surface area contributed by atoms with Gasteiger partial charge in [-0.1, -0.05) is 0 Å². The van der Waals surface area contributed by atoms with Gasteiger partial charge in [0.05, 0.1) is 0 Å². The van der Waals surface area contributed by atoms with Crippen molar-refractivity contribution in [3.05, 3.63) is 0 Å². The summed E-state index contributed by atoms with van der Waals surface area (Å²) in [6, 6.07) is 0.527. The number of carbonyl (C=O) groups is 1. The van der Waals surface area contributed by atoms with E-state index in [4.69, 9.17) is 9.73 Å². The van der Waals surface area contributed by atoms with Gasteiger partial charge in [-0.2, -0.15) is 11.8 Å². The highest BCUT2D eigenvalue weighted by Gasteiger charge is 2.27. The van der Waals surface area contributed by atoms with E-state index in [-0.39, 0.29) is 6.09 Å². The standard InChI is InChI=1S/C20H38N4O2S/c1-5-21-18(23-17-9-7-13-27-15-17)22-11-10-16-8-6-12-24(14-16)19(25)26-20(2,3)4/h16-17H,5-15H2,1-4H3,(H2,21,22,23). The van der Waals surface area contributed by atoms with Gasteiger partial charge in [0.25, 0.3) is 0 Å². The number of hydrogen-bond acceptors (Lipinski definition) is 4. The number of nitrogens with zero attached hydrogens (tertiary/aromatic N) is 2. The third-order valence-electron chi connectivity index (χ3n) is 4.82. The van der Waals surface area contributed by atoms with E-state index in [2.05, 4.69) is 17.6 Å². The Balaban J connectivity index is 1.78. The maximum atomic E-state index is 12.3. The van der Waals surface area contributed by atoms with Gasteiger partial charge in [-0.3, -0.25) is 4.99 Å². The Bertz CT molecular complexity index is 487. The molecule has 0 aromatic carbocycles. The molecule has 2 unspecified atom stereocenters. The molecule has 156 valence electrons. The molecule has 0 radical (unpaired) electrons. The smallest absolute Gasteiger partial charge is 0.410 e. The minimum Gasteiger partial charge on any atom is -0.444 e. The Labute approximate surface area is 169 Å². The number of carbonyl (C=O) groups excluding carboxylic acids is 1. The van der Waals surface area contributed by atoms with E-state index in [1.54, 1.807) is 0 Å². The average molecular weight is 399 g/mol. The van der Waals surface area contributed by atoms with Crippen molar-refractivity contribution in [1.29, 1.82) is 0 Å². The van der Waals surface area contributed by atoms with Gasteiger partial charge < -0.3 is 20.3 Å². The summed E-state index contributed by atoms with van der Waals surface area (Å²) in [7, 11) is 0. The molecule has 2 aliphatic rings. The van der Waals surface area contributed by atoms with Gasteiger partial charge in [0.15, 0.2) is 5.96 Å². The summed E-state index contributed by atoms with van der Waals surface area (Å²) in [5, 5.41) is 6.95. The average Bonchev–Trinajstić information content (AvgIpc) is 2.61. The van der Waals surface area contributed by atoms with Crippen LogP contribution in [0, 0.1) is 5.92 Å². The lowest BCUT2D eigenvalue weighted by Crippen LogP contribution is -2.45. The number of hydrogen-bond donors (Lipinski definition) is 2. The third kappa shape index (κ3) is 8.62. The molecule has 2 fully saturated rings. The van der Waals surface area contributed by atoms with Crippen molar-refractivity contribution in [1.82, 2.24) is 15.5 Å². The lowest BCUT2D eigenvalue weighted by molar-refractivity contribution is 0.0163. The molecule has 0 bridgehead atoms. The molecule has 0 aromatic rings. The van der Waals surface area contributed by atoms with Crippen LogP contribution in [0.2, 0.25) is 0 Å². The third-order valence-corrected chi connectivity index (χ3v) is 6.04. The highest BCUT2D eigenvalue weighted by atomic mass is 32.2. The van der Waals surface area contributed by atoms with Gasteiger partial charge in [-0.15, -0.1) is 0 Å². The molecule has 7 heteroatoms. The number of amides is 1. The topological polar surface area (TPSA) is 66.0 Å². The Morgan fingerprint density at radius 1 is 1.30 bits per heavy atom. The van der Waals surface area contributed by atoms with E-state index in [1.807, 2.05) is 37.4 Å². The molecule has 2 atom stereocenters. The van der Waals surface area contributed by atoms with Crippen molar-refractivity contribution in [3.63, 3.8) is 0 Å². The zero-order chi connectivity index (χ0) is 19.7. The maximum Gasteiger partial charge on any atom is 0.410 e. The summed E-state index contributed by atoms with van der Waals surface area (Å²) in [6.07, 6.45) is 5.55. The van der Waals surface area contributed by atoms with Crippen molar-refractivity contribution in [2.45, 2.75) is 71.4 Å². The quantitative estimate of drug-likeness (QED) is 0.548. The molecule has 2 aliphatic heterocycles. The van der Waals surface area contributed by atoms with Crippen molar-refractivity contribution in [3.8, 4) is 0 Å². The summed E-state index contributed by atoms with van der Waals surface area (Å²) in [6.45, 7) is 11.1. The van der Waals surface area contributed by atoms with Gasteiger partial charge in [0.1, 0.15) is 5.60 Å². The molecule has 2 saturated heterocycles. The lowest BCUT2D eigenvalue weighted by Gasteiger charge is -2.34. The predicted molar refractivity (Wildman–Crippen MR) is 115 cm³/mol. The Morgan fingerprint density at radius 3 is 2.78 bits per heavy atom. The molecule has 0 aromatic heterocycles. The number of ether oxygens (including phenoxy) is 1. The van der Waals surface area contributed by atoms with E-state index in [0.29, 0.717) is 12.0 Å². The highest BCUT2D eigenvalue weighted by molar-refractivity contribution is 7.99. The summed E-state index contributed by atoms with van der Waals surface area (Å²) in [5.74, 6) is 3.88. The van der Waals surface area contributed by atoms with Crippen molar-refractivity contribution in [2.75, 3.05) is 37.7 Å². The second kappa shape index (κ2) is 11.0. The van der Waals surface area contributed by atoms with E-state index < -0.39 is 5.60 Å². The Hall–Kier alpha value is -1.11. The van der Waals surface area contributed by atoms with E-state index >= 15 is 0 Å². The fourth-order valence-electron chi connectivity index (χ4n) is 3.52. The van der Waals surface area contributed by atoms with Crippen molar-refractivity contribution >= 4 is 23.8 Å². The second-order valence-corrected chi connectivity index (χ2v) is 9.69. The first-order valence-corrected chi connectivity index (χ1v) is 11.6. The van der Waals surface area contributed by atoms with Crippen molar-refractivity contribution < 1.29 is 9.53 Å². The van der Waals surface area contributed by atoms with Crippen LogP contribution in [0.4, 0.5) is 4.79 Å². The number of piperidine rings is 1. The molecular weight excluding hydrogens is 360 g/mol. The van der Waals surface area contributed by atoms with Crippen LogP contribution < -0.4 is 10.6 Å². The number of thioether (sulfide) groups is 1. The summed E-state index contributed by atoms with van der Waals surface area (Å²) in [5.41, 5.74) is -0.432. The first-order chi connectivity index (χ1) is 12.9. The van der Waals surface area contributed by atoms with Crippen LogP contribution in [-0.2, 0) is 4.74 Å².